The summed E-state index contributed by atoms with van der Waals surface area (Å²) >= 11 is 5.89. The van der Waals surface area contributed by atoms with Crippen molar-refractivity contribution in [3.8, 4) is 5.75 Å². The van der Waals surface area contributed by atoms with E-state index in [0.717, 1.165) is 65.0 Å². The summed E-state index contributed by atoms with van der Waals surface area (Å²) in [6.45, 7) is 4.58. The van der Waals surface area contributed by atoms with Crippen LogP contribution in [-0.2, 0) is 17.8 Å². The second-order valence-corrected chi connectivity index (χ2v) is 12.5. The van der Waals surface area contributed by atoms with Gasteiger partial charge >= 0.3 is 0 Å². The van der Waals surface area contributed by atoms with Gasteiger partial charge in [-0.1, -0.05) is 48.0 Å². The number of piperazine rings is 1. The number of halogens is 3. The number of nitrogens with one attached hydrogen (secondary N) is 2. The van der Waals surface area contributed by atoms with Gasteiger partial charge in [0.15, 0.2) is 5.82 Å². The van der Waals surface area contributed by atoms with Gasteiger partial charge in [0.2, 0.25) is 0 Å². The molecule has 2 N–H and O–H groups in total. The lowest BCUT2D eigenvalue weighted by Gasteiger charge is -2.41. The van der Waals surface area contributed by atoms with Gasteiger partial charge in [-0.05, 0) is 78.6 Å². The molecular formula is C35H39ClF2N4O2. The lowest BCUT2D eigenvalue weighted by molar-refractivity contribution is -0.128. The van der Waals surface area contributed by atoms with Gasteiger partial charge in [-0.2, -0.15) is 0 Å². The normalized spacial score (nSPS) is 19.6. The van der Waals surface area contributed by atoms with Crippen molar-refractivity contribution in [2.24, 2.45) is 0 Å². The van der Waals surface area contributed by atoms with Crippen molar-refractivity contribution in [1.29, 1.82) is 0 Å². The van der Waals surface area contributed by atoms with Crippen molar-refractivity contribution in [3.05, 3.63) is 99.1 Å². The number of fused-ring (bicyclic) bond motifs is 2. The van der Waals surface area contributed by atoms with Gasteiger partial charge in [-0.15, -0.1) is 0 Å². The lowest BCUT2D eigenvalue weighted by Crippen LogP contribution is -2.60. The summed E-state index contributed by atoms with van der Waals surface area (Å²) in [5, 5.41) is 7.11. The minimum absolute atomic E-state index is 0.0616. The van der Waals surface area contributed by atoms with Crippen molar-refractivity contribution in [2.45, 2.75) is 57.3 Å². The molecule has 6 nitrogen and oxygen atoms in total. The molecule has 2 bridgehead atoms. The average Bonchev–Trinajstić information content (AvgIpc) is 3.87. The maximum absolute atomic E-state index is 14.5. The minimum Gasteiger partial charge on any atom is -0.496 e. The third-order valence-corrected chi connectivity index (χ3v) is 9.47. The summed E-state index contributed by atoms with van der Waals surface area (Å²) in [5.74, 6) is -0.456. The predicted octanol–water partition coefficient (Wildman–Crippen LogP) is 5.89. The molecule has 232 valence electrons. The molecule has 2 heterocycles. The van der Waals surface area contributed by atoms with Gasteiger partial charge < -0.3 is 25.2 Å². The van der Waals surface area contributed by atoms with E-state index in [1.165, 1.54) is 12.1 Å². The Bertz CT molecular complexity index is 1570. The van der Waals surface area contributed by atoms with Crippen LogP contribution in [0.25, 0.3) is 5.57 Å². The first-order chi connectivity index (χ1) is 21.2. The highest BCUT2D eigenvalue weighted by Gasteiger charge is 2.41. The van der Waals surface area contributed by atoms with Gasteiger partial charge in [0.25, 0.3) is 5.91 Å². The quantitative estimate of drug-likeness (QED) is 0.277. The maximum Gasteiger partial charge on any atom is 0.252 e. The number of methoxy groups -OCH3 is 1. The Morgan fingerprint density at radius 2 is 1.84 bits per heavy atom. The molecular weight excluding hydrogens is 582 g/mol. The summed E-state index contributed by atoms with van der Waals surface area (Å²) < 4.78 is 34.4. The first-order valence-electron chi connectivity index (χ1n) is 15.3. The molecule has 0 radical (unpaired) electrons. The Morgan fingerprint density at radius 1 is 1.07 bits per heavy atom. The van der Waals surface area contributed by atoms with Crippen molar-refractivity contribution in [1.82, 2.24) is 15.5 Å². The largest absolute Gasteiger partial charge is 0.496 e. The number of ether oxygens (including phenoxy) is 1. The van der Waals surface area contributed by atoms with Crippen LogP contribution in [-0.4, -0.2) is 62.7 Å². The first kappa shape index (κ1) is 30.6. The molecule has 2 atom stereocenters. The van der Waals surface area contributed by atoms with Crippen LogP contribution in [0.15, 0.2) is 60.2 Å². The van der Waals surface area contributed by atoms with Crippen molar-refractivity contribution >= 4 is 28.8 Å². The van der Waals surface area contributed by atoms with E-state index in [1.807, 2.05) is 19.1 Å². The zero-order chi connectivity index (χ0) is 31.0. The molecule has 2 fully saturated rings. The standard InChI is InChI=1S/C35H39ClF2N4O2/c1-21-24(5-4-6-31(21)44-3)20-42(26-11-12-26)35(43)32-27(17-25-18-39-19-30(32)40-25)23-9-7-22(8-10-23)15-16-41(2)34-29(37)14-13-28(36)33(34)38/h4-10,13-14,25-26,30,39-40H,11-12,15-20H2,1-3H3/t25-,30+/m0/s1. The molecule has 2 aliphatic heterocycles. The average molecular weight is 621 g/mol. The fourth-order valence-electron chi connectivity index (χ4n) is 6.53. The third kappa shape index (κ3) is 6.21. The van der Waals surface area contributed by atoms with Crippen LogP contribution < -0.4 is 20.3 Å². The van der Waals surface area contributed by atoms with Crippen LogP contribution in [0.5, 0.6) is 5.75 Å². The van der Waals surface area contributed by atoms with Gasteiger partial charge in [0, 0.05) is 50.9 Å². The Kier molecular flexibility index (Phi) is 8.94. The molecule has 3 aliphatic rings. The van der Waals surface area contributed by atoms with Crippen LogP contribution in [0, 0.1) is 18.6 Å². The number of benzene rings is 3. The summed E-state index contributed by atoms with van der Waals surface area (Å²) in [4.78, 5) is 18.1. The van der Waals surface area contributed by atoms with Gasteiger partial charge in [-0.3, -0.25) is 4.79 Å². The van der Waals surface area contributed by atoms with E-state index >= 15 is 0 Å². The van der Waals surface area contributed by atoms with E-state index in [4.69, 9.17) is 16.3 Å². The molecule has 3 aromatic carbocycles. The number of nitrogens with zero attached hydrogens (tertiary/aromatic N) is 2. The third-order valence-electron chi connectivity index (χ3n) is 9.18. The molecule has 9 heteroatoms. The first-order valence-corrected chi connectivity index (χ1v) is 15.7. The Morgan fingerprint density at radius 3 is 2.57 bits per heavy atom. The number of hydrogen-bond acceptors (Lipinski definition) is 5. The highest BCUT2D eigenvalue weighted by molar-refractivity contribution is 6.31. The number of amides is 1. The SMILES string of the molecule is COc1cccc(CN(C(=O)C2=C(c3ccc(CCN(C)c4c(F)ccc(Cl)c4F)cc3)C[C@H]3CNC[C@H]2N3)C2CC2)c1C. The zero-order valence-corrected chi connectivity index (χ0v) is 26.2. The summed E-state index contributed by atoms with van der Waals surface area (Å²) in [5.41, 5.74) is 6.07. The molecule has 0 spiro atoms. The van der Waals surface area contributed by atoms with Gasteiger partial charge in [0.1, 0.15) is 17.3 Å². The van der Waals surface area contributed by atoms with Gasteiger partial charge in [-0.25, -0.2) is 8.78 Å². The van der Waals surface area contributed by atoms with E-state index in [9.17, 15) is 13.6 Å². The van der Waals surface area contributed by atoms with E-state index in [2.05, 4.69) is 45.9 Å². The van der Waals surface area contributed by atoms with E-state index in [0.29, 0.717) is 26.1 Å². The molecule has 44 heavy (non-hydrogen) atoms. The molecule has 0 aromatic heterocycles. The number of hydrogen-bond donors (Lipinski definition) is 2. The number of rotatable bonds is 10. The predicted molar refractivity (Wildman–Crippen MR) is 171 cm³/mol. The fraction of sp³-hybridized carbons (Fsp3) is 0.400. The van der Waals surface area contributed by atoms with Crippen molar-refractivity contribution < 1.29 is 18.3 Å². The lowest BCUT2D eigenvalue weighted by atomic mass is 9.83. The summed E-state index contributed by atoms with van der Waals surface area (Å²) in [6.07, 6.45) is 3.39. The van der Waals surface area contributed by atoms with Crippen LogP contribution in [0.3, 0.4) is 0 Å². The topological polar surface area (TPSA) is 56.8 Å². The minimum atomic E-state index is -0.749. The molecule has 1 aliphatic carbocycles. The number of anilines is 1. The van der Waals surface area contributed by atoms with Crippen LogP contribution in [0.4, 0.5) is 14.5 Å². The molecule has 1 amide bonds. The van der Waals surface area contributed by atoms with E-state index in [-0.39, 0.29) is 34.7 Å². The zero-order valence-electron chi connectivity index (χ0n) is 25.4. The molecule has 3 aromatic rings. The number of carbonyl (C=O) groups excluding carboxylic acids is 1. The second kappa shape index (κ2) is 12.9. The second-order valence-electron chi connectivity index (χ2n) is 12.1. The van der Waals surface area contributed by atoms with E-state index in [1.54, 1.807) is 19.1 Å². The molecule has 1 saturated carbocycles. The number of likely N-dealkylation sites (N-methyl/N-ethyl adjacent to an activating group) is 1. The molecule has 0 unspecified atom stereocenters. The Labute approximate surface area is 263 Å². The summed E-state index contributed by atoms with van der Waals surface area (Å²) in [6, 6.07) is 17.1. The monoisotopic (exact) mass is 620 g/mol. The number of carbonyl (C=O) groups is 1. The van der Waals surface area contributed by atoms with Crippen molar-refractivity contribution in [2.75, 3.05) is 38.7 Å². The fourth-order valence-corrected chi connectivity index (χ4v) is 6.68. The smallest absolute Gasteiger partial charge is 0.252 e. The maximum atomic E-state index is 14.5. The summed E-state index contributed by atoms with van der Waals surface area (Å²) in [7, 11) is 3.34. The highest BCUT2D eigenvalue weighted by Crippen LogP contribution is 2.37. The van der Waals surface area contributed by atoms with E-state index < -0.39 is 11.6 Å². The Hall–Kier alpha value is -3.46. The molecule has 6 rings (SSSR count). The van der Waals surface area contributed by atoms with Crippen LogP contribution >= 0.6 is 11.6 Å². The van der Waals surface area contributed by atoms with Gasteiger partial charge in [0.05, 0.1) is 18.2 Å². The van der Waals surface area contributed by atoms with Crippen molar-refractivity contribution in [3.63, 3.8) is 0 Å². The highest BCUT2D eigenvalue weighted by atomic mass is 35.5. The van der Waals surface area contributed by atoms with Crippen LogP contribution in [0.2, 0.25) is 5.02 Å². The molecule has 1 saturated heterocycles. The van der Waals surface area contributed by atoms with Crippen LogP contribution in [0.1, 0.15) is 41.5 Å². The Balaban J connectivity index is 1.25.